The van der Waals surface area contributed by atoms with Crippen molar-refractivity contribution in [1.82, 2.24) is 5.32 Å². The van der Waals surface area contributed by atoms with Crippen molar-refractivity contribution in [3.63, 3.8) is 0 Å². The summed E-state index contributed by atoms with van der Waals surface area (Å²) < 4.78 is 19.0. The van der Waals surface area contributed by atoms with Crippen LogP contribution in [0.5, 0.6) is 5.75 Å². The Kier molecular flexibility index (Phi) is 6.57. The van der Waals surface area contributed by atoms with Gasteiger partial charge < -0.3 is 10.1 Å². The molecule has 0 heterocycles. The average molecular weight is 265 g/mol. The first-order valence-corrected chi connectivity index (χ1v) is 6.74. The lowest BCUT2D eigenvalue weighted by Crippen LogP contribution is -2.19. The molecule has 0 fully saturated rings. The molecule has 0 bridgehead atoms. The summed E-state index contributed by atoms with van der Waals surface area (Å²) in [6.45, 7) is 10.4. The number of ether oxygens (including phenoxy) is 1. The Labute approximate surface area is 115 Å². The number of benzene rings is 1. The first-order chi connectivity index (χ1) is 8.99. The Balaban J connectivity index is 2.65. The van der Waals surface area contributed by atoms with Gasteiger partial charge in [-0.3, -0.25) is 0 Å². The second-order valence-electron chi connectivity index (χ2n) is 5.37. The lowest BCUT2D eigenvalue weighted by Gasteiger charge is -2.12. The van der Waals surface area contributed by atoms with Crippen LogP contribution in [0.15, 0.2) is 29.8 Å². The Hall–Kier alpha value is -1.35. The summed E-state index contributed by atoms with van der Waals surface area (Å²) >= 11 is 0. The van der Waals surface area contributed by atoms with Gasteiger partial charge in [-0.15, -0.1) is 0 Å². The zero-order valence-corrected chi connectivity index (χ0v) is 12.3. The number of hydrogen-bond donors (Lipinski definition) is 1. The largest absolute Gasteiger partial charge is 0.489 e. The van der Waals surface area contributed by atoms with Crippen molar-refractivity contribution in [1.29, 1.82) is 0 Å². The zero-order chi connectivity index (χ0) is 14.3. The molecule has 0 aliphatic rings. The molecule has 0 aliphatic carbocycles. The van der Waals surface area contributed by atoms with E-state index in [1.807, 2.05) is 19.9 Å². The van der Waals surface area contributed by atoms with Crippen molar-refractivity contribution in [2.75, 3.05) is 13.2 Å². The molecule has 1 aromatic rings. The fourth-order valence-electron chi connectivity index (χ4n) is 1.62. The predicted octanol–water partition coefficient (Wildman–Crippen LogP) is 3.92. The van der Waals surface area contributed by atoms with E-state index in [1.54, 1.807) is 6.07 Å². The van der Waals surface area contributed by atoms with Gasteiger partial charge in [-0.1, -0.05) is 19.4 Å². The molecule has 0 aromatic heterocycles. The van der Waals surface area contributed by atoms with Crippen LogP contribution in [0.25, 0.3) is 0 Å². The van der Waals surface area contributed by atoms with E-state index in [0.29, 0.717) is 19.1 Å². The molecule has 0 atom stereocenters. The van der Waals surface area contributed by atoms with Gasteiger partial charge in [-0.05, 0) is 50.6 Å². The van der Waals surface area contributed by atoms with Crippen molar-refractivity contribution in [2.45, 2.75) is 34.2 Å². The molecule has 3 heteroatoms. The summed E-state index contributed by atoms with van der Waals surface area (Å²) in [6, 6.07) is 4.66. The third-order valence-corrected chi connectivity index (χ3v) is 2.62. The van der Waals surface area contributed by atoms with Gasteiger partial charge in [0.1, 0.15) is 18.2 Å². The number of rotatable bonds is 7. The van der Waals surface area contributed by atoms with Crippen LogP contribution in [0, 0.1) is 11.7 Å². The highest BCUT2D eigenvalue weighted by molar-refractivity contribution is 5.34. The molecule has 0 radical (unpaired) electrons. The molecular weight excluding hydrogens is 241 g/mol. The van der Waals surface area contributed by atoms with E-state index < -0.39 is 0 Å². The second kappa shape index (κ2) is 7.95. The number of hydrogen-bond acceptors (Lipinski definition) is 2. The smallest absolute Gasteiger partial charge is 0.124 e. The summed E-state index contributed by atoms with van der Waals surface area (Å²) in [7, 11) is 0. The third-order valence-electron chi connectivity index (χ3n) is 2.62. The fourth-order valence-corrected chi connectivity index (χ4v) is 1.62. The first-order valence-electron chi connectivity index (χ1n) is 6.74. The minimum Gasteiger partial charge on any atom is -0.489 e. The van der Waals surface area contributed by atoms with Crippen molar-refractivity contribution in [2.24, 2.45) is 5.92 Å². The van der Waals surface area contributed by atoms with Gasteiger partial charge in [-0.2, -0.15) is 0 Å². The van der Waals surface area contributed by atoms with Gasteiger partial charge >= 0.3 is 0 Å². The Morgan fingerprint density at radius 3 is 2.74 bits per heavy atom. The van der Waals surface area contributed by atoms with Crippen LogP contribution in [0.1, 0.15) is 33.3 Å². The van der Waals surface area contributed by atoms with Gasteiger partial charge in [0, 0.05) is 12.1 Å². The molecule has 19 heavy (non-hydrogen) atoms. The minimum atomic E-state index is -0.226. The maximum atomic E-state index is 13.3. The molecule has 2 nitrogen and oxygen atoms in total. The fraction of sp³-hybridized carbons (Fsp3) is 0.500. The average Bonchev–Trinajstić information content (AvgIpc) is 2.31. The van der Waals surface area contributed by atoms with Gasteiger partial charge in [0.2, 0.25) is 0 Å². The van der Waals surface area contributed by atoms with Crippen molar-refractivity contribution in [3.8, 4) is 5.75 Å². The zero-order valence-electron chi connectivity index (χ0n) is 12.3. The van der Waals surface area contributed by atoms with E-state index in [9.17, 15) is 4.39 Å². The lowest BCUT2D eigenvalue weighted by atomic mass is 10.1. The number of nitrogens with one attached hydrogen (secondary N) is 1. The predicted molar refractivity (Wildman–Crippen MR) is 77.9 cm³/mol. The molecular formula is C16H24FNO. The standard InChI is InChI=1S/C16H24FNO/c1-12(2)7-8-19-16-6-5-15(17)9-14(16)11-18-10-13(3)4/h5-7,9,13,18H,8,10-11H2,1-4H3. The summed E-state index contributed by atoms with van der Waals surface area (Å²) in [5.41, 5.74) is 2.07. The first kappa shape index (κ1) is 15.7. The Bertz CT molecular complexity index is 423. The topological polar surface area (TPSA) is 21.3 Å². The molecule has 0 saturated carbocycles. The van der Waals surface area contributed by atoms with E-state index in [-0.39, 0.29) is 5.82 Å². The van der Waals surface area contributed by atoms with Crippen molar-refractivity contribution >= 4 is 0 Å². The van der Waals surface area contributed by atoms with Crippen LogP contribution in [0.3, 0.4) is 0 Å². The van der Waals surface area contributed by atoms with E-state index >= 15 is 0 Å². The molecule has 0 amide bonds. The van der Waals surface area contributed by atoms with Crippen LogP contribution >= 0.6 is 0 Å². The molecule has 106 valence electrons. The number of allylic oxidation sites excluding steroid dienone is 1. The van der Waals surface area contributed by atoms with Crippen LogP contribution < -0.4 is 10.1 Å². The highest BCUT2D eigenvalue weighted by Gasteiger charge is 2.05. The van der Waals surface area contributed by atoms with E-state index in [4.69, 9.17) is 4.74 Å². The summed E-state index contributed by atoms with van der Waals surface area (Å²) in [5, 5.41) is 3.31. The Morgan fingerprint density at radius 1 is 1.37 bits per heavy atom. The van der Waals surface area contributed by atoms with Crippen molar-refractivity contribution < 1.29 is 9.13 Å². The highest BCUT2D eigenvalue weighted by Crippen LogP contribution is 2.20. The lowest BCUT2D eigenvalue weighted by molar-refractivity contribution is 0.355. The maximum Gasteiger partial charge on any atom is 0.124 e. The van der Waals surface area contributed by atoms with Gasteiger partial charge in [0.05, 0.1) is 0 Å². The second-order valence-corrected chi connectivity index (χ2v) is 5.37. The summed E-state index contributed by atoms with van der Waals surface area (Å²) in [6.07, 6.45) is 2.01. The summed E-state index contributed by atoms with van der Waals surface area (Å²) in [4.78, 5) is 0. The molecule has 0 aliphatic heterocycles. The van der Waals surface area contributed by atoms with Crippen LogP contribution in [0.2, 0.25) is 0 Å². The van der Waals surface area contributed by atoms with Gasteiger partial charge in [0.25, 0.3) is 0 Å². The summed E-state index contributed by atoms with van der Waals surface area (Å²) in [5.74, 6) is 1.09. The highest BCUT2D eigenvalue weighted by atomic mass is 19.1. The molecule has 0 unspecified atom stereocenters. The Morgan fingerprint density at radius 2 is 2.11 bits per heavy atom. The normalized spacial score (nSPS) is 10.6. The molecule has 0 spiro atoms. The minimum absolute atomic E-state index is 0.226. The SMILES string of the molecule is CC(C)=CCOc1ccc(F)cc1CNCC(C)C. The van der Waals surface area contributed by atoms with Gasteiger partial charge in [0.15, 0.2) is 0 Å². The van der Waals surface area contributed by atoms with Crippen LogP contribution in [-0.4, -0.2) is 13.2 Å². The molecule has 1 rings (SSSR count). The van der Waals surface area contributed by atoms with Crippen LogP contribution in [0.4, 0.5) is 4.39 Å². The molecule has 1 aromatic carbocycles. The van der Waals surface area contributed by atoms with E-state index in [1.165, 1.54) is 17.7 Å². The van der Waals surface area contributed by atoms with Crippen LogP contribution in [-0.2, 0) is 6.54 Å². The molecule has 1 N–H and O–H groups in total. The third kappa shape index (κ3) is 6.39. The maximum absolute atomic E-state index is 13.3. The van der Waals surface area contributed by atoms with Crippen molar-refractivity contribution in [3.05, 3.63) is 41.2 Å². The number of halogens is 1. The van der Waals surface area contributed by atoms with E-state index in [0.717, 1.165) is 17.9 Å². The molecule has 0 saturated heterocycles. The monoisotopic (exact) mass is 265 g/mol. The quantitative estimate of drug-likeness (QED) is 0.755. The van der Waals surface area contributed by atoms with E-state index in [2.05, 4.69) is 19.2 Å². The van der Waals surface area contributed by atoms with Gasteiger partial charge in [-0.25, -0.2) is 4.39 Å².